The van der Waals surface area contributed by atoms with Gasteiger partial charge in [0.25, 0.3) is 5.56 Å². The highest BCUT2D eigenvalue weighted by Gasteiger charge is 2.21. The Kier molecular flexibility index (Phi) is 2.77. The summed E-state index contributed by atoms with van der Waals surface area (Å²) in [6, 6.07) is 3.14. The molecule has 0 aliphatic heterocycles. The Balaban J connectivity index is 3.18. The van der Waals surface area contributed by atoms with Crippen LogP contribution in [0.4, 0.5) is 0 Å². The molecule has 1 atom stereocenters. The second-order valence-electron chi connectivity index (χ2n) is 2.99. The maximum atomic E-state index is 11.0. The summed E-state index contributed by atoms with van der Waals surface area (Å²) in [7, 11) is 1.61. The molecule has 5 heteroatoms. The van der Waals surface area contributed by atoms with Crippen LogP contribution in [0.3, 0.4) is 0 Å². The summed E-state index contributed by atoms with van der Waals surface area (Å²) in [5.74, 6) is 0. The van der Waals surface area contributed by atoms with Crippen LogP contribution in [0.2, 0.25) is 0 Å². The smallest absolute Gasteiger partial charge is 0.266 e. The van der Waals surface area contributed by atoms with Gasteiger partial charge in [0.05, 0.1) is 5.69 Å². The van der Waals surface area contributed by atoms with E-state index in [0.717, 1.165) is 0 Å². The molecule has 4 nitrogen and oxygen atoms in total. The van der Waals surface area contributed by atoms with Gasteiger partial charge in [-0.2, -0.15) is 5.10 Å². The van der Waals surface area contributed by atoms with E-state index < -0.39 is 4.87 Å². The second-order valence-corrected chi connectivity index (χ2v) is 4.25. The van der Waals surface area contributed by atoms with E-state index in [0.29, 0.717) is 5.69 Å². The summed E-state index contributed by atoms with van der Waals surface area (Å²) in [5.41, 5.74) is 6.53. The molecule has 0 saturated carbocycles. The first-order chi connectivity index (χ1) is 5.97. The molecule has 0 radical (unpaired) electrons. The van der Waals surface area contributed by atoms with Crippen LogP contribution in [-0.2, 0) is 11.9 Å². The minimum absolute atomic E-state index is 0.124. The number of nitrogens with zero attached hydrogens (tertiary/aromatic N) is 2. The Hall–Kier alpha value is -0.810. The molecular weight excluding hydrogens is 186 g/mol. The summed E-state index contributed by atoms with van der Waals surface area (Å²) < 4.78 is 1.29. The quantitative estimate of drug-likeness (QED) is 0.695. The van der Waals surface area contributed by atoms with Gasteiger partial charge < -0.3 is 5.73 Å². The van der Waals surface area contributed by atoms with Crippen LogP contribution in [-0.4, -0.2) is 16.0 Å². The van der Waals surface area contributed by atoms with Crippen molar-refractivity contribution in [2.24, 2.45) is 12.8 Å². The molecule has 0 bridgehead atoms. The lowest BCUT2D eigenvalue weighted by molar-refractivity contribution is 0.616. The zero-order valence-electron chi connectivity index (χ0n) is 7.94. The molecule has 0 fully saturated rings. The third kappa shape index (κ3) is 2.10. The van der Waals surface area contributed by atoms with Crippen molar-refractivity contribution in [2.75, 3.05) is 6.26 Å². The van der Waals surface area contributed by atoms with Gasteiger partial charge >= 0.3 is 0 Å². The minimum Gasteiger partial charge on any atom is -0.312 e. The van der Waals surface area contributed by atoms with Gasteiger partial charge in [-0.1, -0.05) is 0 Å². The van der Waals surface area contributed by atoms with Crippen LogP contribution >= 0.6 is 11.8 Å². The molecule has 2 N–H and O–H groups in total. The average molecular weight is 199 g/mol. The standard InChI is InChI=1S/C8H13N3OS/c1-8(9,13-3)6-4-5-7(12)11(2)10-6/h4-5H,9H2,1-3H3. The van der Waals surface area contributed by atoms with Crippen LogP contribution in [0.1, 0.15) is 12.6 Å². The van der Waals surface area contributed by atoms with Gasteiger partial charge in [0, 0.05) is 13.1 Å². The van der Waals surface area contributed by atoms with Crippen LogP contribution < -0.4 is 11.3 Å². The molecule has 0 aliphatic carbocycles. The molecule has 1 heterocycles. The van der Waals surface area contributed by atoms with Crippen molar-refractivity contribution < 1.29 is 0 Å². The molecule has 0 amide bonds. The molecule has 0 saturated heterocycles. The highest BCUT2D eigenvalue weighted by atomic mass is 32.2. The van der Waals surface area contributed by atoms with Gasteiger partial charge in [0.1, 0.15) is 4.87 Å². The first-order valence-corrected chi connectivity index (χ1v) is 5.09. The lowest BCUT2D eigenvalue weighted by Crippen LogP contribution is -2.33. The van der Waals surface area contributed by atoms with E-state index in [4.69, 9.17) is 5.73 Å². The molecule has 0 aromatic carbocycles. The Labute approximate surface area is 81.1 Å². The maximum absolute atomic E-state index is 11.0. The monoisotopic (exact) mass is 199 g/mol. The number of hydrogen-bond acceptors (Lipinski definition) is 4. The Morgan fingerprint density at radius 2 is 2.23 bits per heavy atom. The van der Waals surface area contributed by atoms with Crippen molar-refractivity contribution in [1.82, 2.24) is 9.78 Å². The zero-order chi connectivity index (χ0) is 10.1. The van der Waals surface area contributed by atoms with Crippen molar-refractivity contribution in [3.05, 3.63) is 28.2 Å². The van der Waals surface area contributed by atoms with E-state index in [9.17, 15) is 4.79 Å². The molecule has 72 valence electrons. The highest BCUT2D eigenvalue weighted by Crippen LogP contribution is 2.25. The molecule has 0 spiro atoms. The Morgan fingerprint density at radius 3 is 2.69 bits per heavy atom. The fourth-order valence-corrected chi connectivity index (χ4v) is 1.19. The number of nitrogens with two attached hydrogens (primary N) is 1. The van der Waals surface area contributed by atoms with Gasteiger partial charge in [0.15, 0.2) is 0 Å². The van der Waals surface area contributed by atoms with Crippen molar-refractivity contribution >= 4 is 11.8 Å². The van der Waals surface area contributed by atoms with Crippen molar-refractivity contribution in [3.8, 4) is 0 Å². The van der Waals surface area contributed by atoms with Crippen LogP contribution in [0.15, 0.2) is 16.9 Å². The van der Waals surface area contributed by atoms with Gasteiger partial charge in [0.2, 0.25) is 0 Å². The predicted molar refractivity (Wildman–Crippen MR) is 54.5 cm³/mol. The van der Waals surface area contributed by atoms with Crippen LogP contribution in [0, 0.1) is 0 Å². The summed E-state index contributed by atoms with van der Waals surface area (Å²) in [6.45, 7) is 1.87. The third-order valence-electron chi connectivity index (χ3n) is 1.89. The normalized spacial score (nSPS) is 15.4. The van der Waals surface area contributed by atoms with Gasteiger partial charge in [-0.25, -0.2) is 4.68 Å². The van der Waals surface area contributed by atoms with Gasteiger partial charge in [-0.15, -0.1) is 11.8 Å². The fourth-order valence-electron chi connectivity index (χ4n) is 0.872. The van der Waals surface area contributed by atoms with Gasteiger partial charge in [-0.3, -0.25) is 4.79 Å². The van der Waals surface area contributed by atoms with Crippen molar-refractivity contribution in [1.29, 1.82) is 0 Å². The van der Waals surface area contributed by atoms with E-state index in [-0.39, 0.29) is 5.56 Å². The van der Waals surface area contributed by atoms with Crippen molar-refractivity contribution in [3.63, 3.8) is 0 Å². The van der Waals surface area contributed by atoms with E-state index in [1.165, 1.54) is 22.5 Å². The third-order valence-corrected chi connectivity index (χ3v) is 2.95. The molecule has 0 aliphatic rings. The predicted octanol–water partition coefficient (Wildman–Crippen LogP) is 0.275. The topological polar surface area (TPSA) is 60.9 Å². The van der Waals surface area contributed by atoms with E-state index in [1.54, 1.807) is 13.1 Å². The number of rotatable bonds is 2. The minimum atomic E-state index is -0.536. The molecular formula is C8H13N3OS. The Bertz CT molecular complexity index is 359. The highest BCUT2D eigenvalue weighted by molar-refractivity contribution is 7.99. The summed E-state index contributed by atoms with van der Waals surface area (Å²) >= 11 is 1.49. The van der Waals surface area contributed by atoms with Gasteiger partial charge in [-0.05, 0) is 19.2 Å². The zero-order valence-corrected chi connectivity index (χ0v) is 8.76. The number of aryl methyl sites for hydroxylation is 1. The number of aromatic nitrogens is 2. The largest absolute Gasteiger partial charge is 0.312 e. The van der Waals surface area contributed by atoms with Crippen molar-refractivity contribution in [2.45, 2.75) is 11.8 Å². The maximum Gasteiger partial charge on any atom is 0.266 e. The summed E-state index contributed by atoms with van der Waals surface area (Å²) in [4.78, 5) is 10.5. The first kappa shape index (κ1) is 10.3. The lowest BCUT2D eigenvalue weighted by Gasteiger charge is -2.20. The number of thioether (sulfide) groups is 1. The fraction of sp³-hybridized carbons (Fsp3) is 0.500. The molecule has 1 rings (SSSR count). The first-order valence-electron chi connectivity index (χ1n) is 3.86. The van der Waals surface area contributed by atoms with E-state index in [2.05, 4.69) is 5.10 Å². The summed E-state index contributed by atoms with van der Waals surface area (Å²) in [5, 5.41) is 4.07. The SMILES string of the molecule is CSC(C)(N)c1ccc(=O)n(C)n1. The Morgan fingerprint density at radius 1 is 1.62 bits per heavy atom. The molecule has 1 unspecified atom stereocenters. The molecule has 13 heavy (non-hydrogen) atoms. The molecule has 1 aromatic rings. The summed E-state index contributed by atoms with van der Waals surface area (Å²) in [6.07, 6.45) is 1.91. The second kappa shape index (κ2) is 3.51. The van der Waals surface area contributed by atoms with Crippen LogP contribution in [0.5, 0.6) is 0 Å². The van der Waals surface area contributed by atoms with Crippen LogP contribution in [0.25, 0.3) is 0 Å². The average Bonchev–Trinajstić information content (AvgIpc) is 2.09. The van der Waals surface area contributed by atoms with E-state index in [1.807, 2.05) is 13.2 Å². The lowest BCUT2D eigenvalue weighted by atomic mass is 10.2. The van der Waals surface area contributed by atoms with E-state index >= 15 is 0 Å². The number of hydrogen-bond donors (Lipinski definition) is 1. The molecule has 1 aromatic heterocycles.